The molecule has 0 amide bonds. The lowest BCUT2D eigenvalue weighted by Crippen LogP contribution is -2.19. The molecular weight excluding hydrogens is 278 g/mol. The van der Waals surface area contributed by atoms with Crippen LogP contribution in [0.25, 0.3) is 10.9 Å². The van der Waals surface area contributed by atoms with Crippen molar-refractivity contribution >= 4 is 16.6 Å². The summed E-state index contributed by atoms with van der Waals surface area (Å²) in [5, 5.41) is 4.58. The minimum atomic E-state index is 0.330. The highest BCUT2D eigenvalue weighted by molar-refractivity contribution is 5.99. The summed E-state index contributed by atoms with van der Waals surface area (Å²) in [5.41, 5.74) is 8.67. The molecule has 22 heavy (non-hydrogen) atoms. The van der Waals surface area contributed by atoms with Crippen LogP contribution in [0.2, 0.25) is 0 Å². The topological polar surface area (TPSA) is 69.4 Å². The molecule has 1 atom stereocenters. The Morgan fingerprint density at radius 3 is 3.00 bits per heavy atom. The number of aryl methyl sites for hydroxylation is 1. The molecule has 1 aliphatic heterocycles. The fraction of sp³-hybridized carbons (Fsp3) is 0.471. The molecule has 0 saturated heterocycles. The van der Waals surface area contributed by atoms with Crippen LogP contribution in [-0.4, -0.2) is 30.8 Å². The number of rotatable bonds is 5. The third-order valence-corrected chi connectivity index (χ3v) is 3.97. The minimum absolute atomic E-state index is 0.330. The zero-order valence-electron chi connectivity index (χ0n) is 13.2. The predicted octanol–water partition coefficient (Wildman–Crippen LogP) is 2.85. The van der Waals surface area contributed by atoms with Crippen molar-refractivity contribution in [2.75, 3.05) is 25.1 Å². The fourth-order valence-corrected chi connectivity index (χ4v) is 2.85. The minimum Gasteiger partial charge on any atom is -0.486 e. The molecule has 118 valence electrons. The summed E-state index contributed by atoms with van der Waals surface area (Å²) < 4.78 is 11.6. The van der Waals surface area contributed by atoms with Crippen molar-refractivity contribution in [1.82, 2.24) is 4.98 Å². The molecule has 0 saturated carbocycles. The summed E-state index contributed by atoms with van der Waals surface area (Å²) in [7, 11) is 0. The Morgan fingerprint density at radius 2 is 2.18 bits per heavy atom. The van der Waals surface area contributed by atoms with Gasteiger partial charge in [0, 0.05) is 18.3 Å². The number of benzene rings is 1. The first-order valence-electron chi connectivity index (χ1n) is 7.85. The van der Waals surface area contributed by atoms with Gasteiger partial charge in [0.05, 0.1) is 16.6 Å². The Kier molecular flexibility index (Phi) is 4.34. The van der Waals surface area contributed by atoms with Crippen LogP contribution >= 0.6 is 0 Å². The molecule has 0 aliphatic carbocycles. The molecule has 1 unspecified atom stereocenters. The molecule has 0 radical (unpaired) electrons. The van der Waals surface area contributed by atoms with Crippen LogP contribution in [0.4, 0.5) is 5.69 Å². The van der Waals surface area contributed by atoms with Crippen LogP contribution in [0.15, 0.2) is 18.3 Å². The molecule has 1 aliphatic rings. The van der Waals surface area contributed by atoms with Gasteiger partial charge in [-0.15, -0.1) is 0 Å². The first-order chi connectivity index (χ1) is 10.7. The Bertz CT molecular complexity index is 672. The van der Waals surface area contributed by atoms with Gasteiger partial charge in [-0.2, -0.15) is 0 Å². The van der Waals surface area contributed by atoms with Crippen LogP contribution in [0.1, 0.15) is 25.3 Å². The van der Waals surface area contributed by atoms with Gasteiger partial charge in [0.25, 0.3) is 0 Å². The molecule has 3 rings (SSSR count). The average Bonchev–Trinajstić information content (AvgIpc) is 2.53. The molecule has 5 nitrogen and oxygen atoms in total. The SMILES string of the molecule is Cc1ccnc2c(NC(C)CCCN)cc3c(c12)OCCO3. The van der Waals surface area contributed by atoms with E-state index >= 15 is 0 Å². The summed E-state index contributed by atoms with van der Waals surface area (Å²) in [4.78, 5) is 4.56. The van der Waals surface area contributed by atoms with Gasteiger partial charge in [-0.05, 0) is 44.9 Å². The third kappa shape index (κ3) is 2.81. The number of ether oxygens (including phenoxy) is 2. The summed E-state index contributed by atoms with van der Waals surface area (Å²) in [6, 6.07) is 4.33. The number of hydrogen-bond acceptors (Lipinski definition) is 5. The highest BCUT2D eigenvalue weighted by Crippen LogP contribution is 2.42. The highest BCUT2D eigenvalue weighted by Gasteiger charge is 2.20. The van der Waals surface area contributed by atoms with E-state index in [1.165, 1.54) is 0 Å². The normalized spacial score (nSPS) is 14.9. The zero-order chi connectivity index (χ0) is 15.5. The van der Waals surface area contributed by atoms with Gasteiger partial charge in [0.2, 0.25) is 0 Å². The van der Waals surface area contributed by atoms with E-state index in [1.54, 1.807) is 0 Å². The first kappa shape index (κ1) is 14.9. The Hall–Kier alpha value is -2.01. The van der Waals surface area contributed by atoms with E-state index in [0.29, 0.717) is 25.8 Å². The van der Waals surface area contributed by atoms with Gasteiger partial charge >= 0.3 is 0 Å². The van der Waals surface area contributed by atoms with Crippen LogP contribution in [0.5, 0.6) is 11.5 Å². The second-order valence-electron chi connectivity index (χ2n) is 5.78. The number of fused-ring (bicyclic) bond motifs is 3. The molecule has 2 heterocycles. The molecule has 5 heteroatoms. The van der Waals surface area contributed by atoms with Gasteiger partial charge in [-0.3, -0.25) is 4.98 Å². The zero-order valence-corrected chi connectivity index (χ0v) is 13.2. The number of pyridine rings is 1. The molecule has 1 aromatic heterocycles. The van der Waals surface area contributed by atoms with Crippen LogP contribution < -0.4 is 20.5 Å². The van der Waals surface area contributed by atoms with Crippen LogP contribution in [0.3, 0.4) is 0 Å². The monoisotopic (exact) mass is 301 g/mol. The summed E-state index contributed by atoms with van der Waals surface area (Å²) in [5.74, 6) is 1.61. The number of nitrogens with one attached hydrogen (secondary N) is 1. The van der Waals surface area contributed by atoms with E-state index in [0.717, 1.165) is 46.5 Å². The number of aromatic nitrogens is 1. The van der Waals surface area contributed by atoms with Crippen LogP contribution in [-0.2, 0) is 0 Å². The number of anilines is 1. The quantitative estimate of drug-likeness (QED) is 0.888. The molecule has 0 bridgehead atoms. The average molecular weight is 301 g/mol. The van der Waals surface area contributed by atoms with Crippen molar-refractivity contribution in [3.8, 4) is 11.5 Å². The molecule has 3 N–H and O–H groups in total. The van der Waals surface area contributed by atoms with Crippen molar-refractivity contribution in [3.05, 3.63) is 23.9 Å². The summed E-state index contributed by atoms with van der Waals surface area (Å²) >= 11 is 0. The van der Waals surface area contributed by atoms with Gasteiger partial charge in [0.15, 0.2) is 11.5 Å². The first-order valence-corrected chi connectivity index (χ1v) is 7.85. The molecule has 1 aromatic carbocycles. The van der Waals surface area contributed by atoms with Gasteiger partial charge in [-0.25, -0.2) is 0 Å². The van der Waals surface area contributed by atoms with Crippen molar-refractivity contribution in [2.24, 2.45) is 5.73 Å². The second kappa shape index (κ2) is 6.40. The standard InChI is InChI=1S/C17H23N3O2/c1-11-5-7-19-16-13(20-12(2)4-3-6-18)10-14-17(15(11)16)22-9-8-21-14/h5,7,10,12,20H,3-4,6,8-9,18H2,1-2H3. The Morgan fingerprint density at radius 1 is 1.36 bits per heavy atom. The van der Waals surface area contributed by atoms with E-state index in [1.807, 2.05) is 18.3 Å². The predicted molar refractivity (Wildman–Crippen MR) is 88.8 cm³/mol. The van der Waals surface area contributed by atoms with Gasteiger partial charge < -0.3 is 20.5 Å². The smallest absolute Gasteiger partial charge is 0.171 e. The summed E-state index contributed by atoms with van der Waals surface area (Å²) in [6.07, 6.45) is 3.87. The third-order valence-electron chi connectivity index (χ3n) is 3.97. The van der Waals surface area contributed by atoms with E-state index in [9.17, 15) is 0 Å². The number of hydrogen-bond donors (Lipinski definition) is 2. The fourth-order valence-electron chi connectivity index (χ4n) is 2.85. The van der Waals surface area contributed by atoms with Crippen molar-refractivity contribution in [2.45, 2.75) is 32.7 Å². The van der Waals surface area contributed by atoms with E-state index in [2.05, 4.69) is 24.1 Å². The van der Waals surface area contributed by atoms with E-state index in [4.69, 9.17) is 15.2 Å². The highest BCUT2D eigenvalue weighted by atomic mass is 16.6. The van der Waals surface area contributed by atoms with E-state index in [-0.39, 0.29) is 0 Å². The van der Waals surface area contributed by atoms with Crippen molar-refractivity contribution < 1.29 is 9.47 Å². The molecule has 0 fully saturated rings. The maximum absolute atomic E-state index is 5.83. The number of nitrogens with two attached hydrogens (primary N) is 1. The molecule has 2 aromatic rings. The largest absolute Gasteiger partial charge is 0.486 e. The Labute approximate surface area is 130 Å². The lowest BCUT2D eigenvalue weighted by atomic mass is 10.1. The molecule has 0 spiro atoms. The van der Waals surface area contributed by atoms with Crippen molar-refractivity contribution in [3.63, 3.8) is 0 Å². The van der Waals surface area contributed by atoms with Crippen molar-refractivity contribution in [1.29, 1.82) is 0 Å². The summed E-state index contributed by atoms with van der Waals surface area (Å²) in [6.45, 7) is 6.11. The maximum Gasteiger partial charge on any atom is 0.171 e. The van der Waals surface area contributed by atoms with E-state index < -0.39 is 0 Å². The second-order valence-corrected chi connectivity index (χ2v) is 5.78. The lowest BCUT2D eigenvalue weighted by molar-refractivity contribution is 0.174. The Balaban J connectivity index is 2.04. The lowest BCUT2D eigenvalue weighted by Gasteiger charge is -2.24. The van der Waals surface area contributed by atoms with Crippen LogP contribution in [0, 0.1) is 6.92 Å². The van der Waals surface area contributed by atoms with Gasteiger partial charge in [0.1, 0.15) is 13.2 Å². The van der Waals surface area contributed by atoms with Gasteiger partial charge in [-0.1, -0.05) is 0 Å². The maximum atomic E-state index is 5.83. The molecular formula is C17H23N3O2. The number of nitrogens with zero attached hydrogens (tertiary/aromatic N) is 1.